The van der Waals surface area contributed by atoms with Crippen molar-refractivity contribution in [3.63, 3.8) is 0 Å². The number of carbonyl (C=O) groups excluding carboxylic acids is 2. The minimum Gasteiger partial charge on any atom is -0.389 e. The van der Waals surface area contributed by atoms with Crippen molar-refractivity contribution in [3.8, 4) is 0 Å². The van der Waals surface area contributed by atoms with Crippen molar-refractivity contribution in [2.75, 3.05) is 0 Å². The van der Waals surface area contributed by atoms with E-state index in [2.05, 4.69) is 13.8 Å². The molecule has 2 aliphatic carbocycles. The number of fused-ring (bicyclic) bond motifs is 2. The maximum Gasteiger partial charge on any atom is 0.515 e. The fraction of sp³-hybridized carbons (Fsp3) is 0.833. The summed E-state index contributed by atoms with van der Waals surface area (Å²) in [5.41, 5.74) is -0.744. The van der Waals surface area contributed by atoms with Gasteiger partial charge in [0.2, 0.25) is 0 Å². The summed E-state index contributed by atoms with van der Waals surface area (Å²) in [4.78, 5) is 22.5. The molecule has 0 aromatic heterocycles. The number of carbonyl (C=O) groups is 2. The lowest BCUT2D eigenvalue weighted by Gasteiger charge is -2.50. The molecule has 3 unspecified atom stereocenters. The molecule has 4 heteroatoms. The first-order valence-corrected chi connectivity index (χ1v) is 5.80. The molecule has 0 N–H and O–H groups in total. The predicted molar refractivity (Wildman–Crippen MR) is 54.5 cm³/mol. The standard InChI is InChI=1S/C12H16O4/c1-7-4-5-8-10(2,3)11(8,6-13)12(7)15-9(14)16-12/h6-8H,4-5H2,1-3H3. The Morgan fingerprint density at radius 1 is 1.31 bits per heavy atom. The molecule has 2 saturated carbocycles. The molecule has 0 aromatic carbocycles. The second-order valence-electron chi connectivity index (χ2n) is 5.86. The number of rotatable bonds is 1. The highest BCUT2D eigenvalue weighted by Gasteiger charge is 2.88. The van der Waals surface area contributed by atoms with Crippen molar-refractivity contribution < 1.29 is 19.1 Å². The van der Waals surface area contributed by atoms with E-state index in [0.717, 1.165) is 19.1 Å². The molecule has 0 amide bonds. The molecule has 3 fully saturated rings. The lowest BCUT2D eigenvalue weighted by atomic mass is 9.74. The average molecular weight is 224 g/mol. The molecule has 0 aromatic rings. The summed E-state index contributed by atoms with van der Waals surface area (Å²) in [6, 6.07) is 0. The molecule has 88 valence electrons. The summed E-state index contributed by atoms with van der Waals surface area (Å²) < 4.78 is 10.5. The maximum atomic E-state index is 11.5. The first-order chi connectivity index (χ1) is 7.42. The lowest BCUT2D eigenvalue weighted by molar-refractivity contribution is -0.334. The van der Waals surface area contributed by atoms with Crippen LogP contribution in [-0.2, 0) is 14.3 Å². The SMILES string of the molecule is CC1CCC2C(C)(C)C2(C=O)C12OC(=O)O2. The molecule has 3 aliphatic rings. The first kappa shape index (κ1) is 10.1. The van der Waals surface area contributed by atoms with Crippen LogP contribution in [0.5, 0.6) is 0 Å². The molecule has 1 saturated heterocycles. The van der Waals surface area contributed by atoms with Gasteiger partial charge in [-0.1, -0.05) is 20.8 Å². The summed E-state index contributed by atoms with van der Waals surface area (Å²) in [5, 5.41) is 0. The van der Waals surface area contributed by atoms with Crippen LogP contribution in [0.25, 0.3) is 0 Å². The van der Waals surface area contributed by atoms with E-state index in [-0.39, 0.29) is 17.3 Å². The van der Waals surface area contributed by atoms with Crippen molar-refractivity contribution in [3.05, 3.63) is 0 Å². The Balaban J connectivity index is 2.07. The van der Waals surface area contributed by atoms with Crippen molar-refractivity contribution in [2.45, 2.75) is 39.4 Å². The van der Waals surface area contributed by atoms with Gasteiger partial charge in [0, 0.05) is 5.92 Å². The van der Waals surface area contributed by atoms with Gasteiger partial charge < -0.3 is 14.3 Å². The van der Waals surface area contributed by atoms with E-state index >= 15 is 0 Å². The van der Waals surface area contributed by atoms with Gasteiger partial charge in [0.05, 0.1) is 0 Å². The van der Waals surface area contributed by atoms with Crippen LogP contribution >= 0.6 is 0 Å². The molecule has 0 bridgehead atoms. The summed E-state index contributed by atoms with van der Waals surface area (Å²) in [6.45, 7) is 6.10. The highest BCUT2D eigenvalue weighted by atomic mass is 16.9. The molecule has 16 heavy (non-hydrogen) atoms. The van der Waals surface area contributed by atoms with Crippen LogP contribution in [0.15, 0.2) is 0 Å². The Morgan fingerprint density at radius 2 is 1.94 bits per heavy atom. The highest BCUT2D eigenvalue weighted by Crippen LogP contribution is 2.79. The third kappa shape index (κ3) is 0.711. The largest absolute Gasteiger partial charge is 0.515 e. The first-order valence-electron chi connectivity index (χ1n) is 5.80. The zero-order valence-corrected chi connectivity index (χ0v) is 9.78. The molecule has 4 nitrogen and oxygen atoms in total. The maximum absolute atomic E-state index is 11.5. The van der Waals surface area contributed by atoms with E-state index in [1.807, 2.05) is 6.92 Å². The number of hydrogen-bond acceptors (Lipinski definition) is 4. The van der Waals surface area contributed by atoms with Gasteiger partial charge in [-0.15, -0.1) is 0 Å². The number of hydrogen-bond donors (Lipinski definition) is 0. The van der Waals surface area contributed by atoms with E-state index in [1.165, 1.54) is 0 Å². The molecule has 1 spiro atoms. The van der Waals surface area contributed by atoms with Gasteiger partial charge in [0.1, 0.15) is 11.7 Å². The van der Waals surface area contributed by atoms with E-state index < -0.39 is 17.4 Å². The van der Waals surface area contributed by atoms with Crippen molar-refractivity contribution in [2.24, 2.45) is 22.7 Å². The van der Waals surface area contributed by atoms with Crippen LogP contribution < -0.4 is 0 Å². The van der Waals surface area contributed by atoms with E-state index in [9.17, 15) is 9.59 Å². The number of ether oxygens (including phenoxy) is 2. The Bertz CT molecular complexity index is 378. The third-order valence-electron chi connectivity index (χ3n) is 5.17. The fourth-order valence-electron chi connectivity index (χ4n) is 4.14. The normalized spacial score (nSPS) is 46.1. The zero-order chi connectivity index (χ0) is 11.8. The monoisotopic (exact) mass is 224 g/mol. The molecular weight excluding hydrogens is 208 g/mol. The Labute approximate surface area is 94.3 Å². The van der Waals surface area contributed by atoms with Crippen LogP contribution in [0, 0.1) is 22.7 Å². The molecule has 3 rings (SSSR count). The molecule has 3 atom stereocenters. The zero-order valence-electron chi connectivity index (χ0n) is 9.78. The average Bonchev–Trinajstić information content (AvgIpc) is 2.67. The topological polar surface area (TPSA) is 52.6 Å². The summed E-state index contributed by atoms with van der Waals surface area (Å²) in [5.74, 6) is -0.603. The van der Waals surface area contributed by atoms with Crippen LogP contribution in [0.3, 0.4) is 0 Å². The summed E-state index contributed by atoms with van der Waals surface area (Å²) in [7, 11) is 0. The Morgan fingerprint density at radius 3 is 2.44 bits per heavy atom. The lowest BCUT2D eigenvalue weighted by Crippen LogP contribution is -2.64. The minimum absolute atomic E-state index is 0.0911. The predicted octanol–water partition coefficient (Wildman–Crippen LogP) is 2.12. The van der Waals surface area contributed by atoms with Gasteiger partial charge in [0.25, 0.3) is 5.79 Å². The van der Waals surface area contributed by atoms with Crippen LogP contribution in [-0.4, -0.2) is 18.2 Å². The van der Waals surface area contributed by atoms with Gasteiger partial charge in [-0.05, 0) is 24.2 Å². The number of aldehydes is 1. The van der Waals surface area contributed by atoms with Crippen molar-refractivity contribution in [1.82, 2.24) is 0 Å². The van der Waals surface area contributed by atoms with E-state index in [0.29, 0.717) is 0 Å². The van der Waals surface area contributed by atoms with Crippen molar-refractivity contribution >= 4 is 12.4 Å². The smallest absolute Gasteiger partial charge is 0.389 e. The summed E-state index contributed by atoms with van der Waals surface area (Å²) >= 11 is 0. The summed E-state index contributed by atoms with van der Waals surface area (Å²) in [6.07, 6.45) is 2.27. The third-order valence-corrected chi connectivity index (χ3v) is 5.17. The second kappa shape index (κ2) is 2.44. The van der Waals surface area contributed by atoms with Gasteiger partial charge >= 0.3 is 6.16 Å². The second-order valence-corrected chi connectivity index (χ2v) is 5.86. The highest BCUT2D eigenvalue weighted by molar-refractivity contribution is 5.76. The van der Waals surface area contributed by atoms with Gasteiger partial charge in [0.15, 0.2) is 0 Å². The fourth-order valence-corrected chi connectivity index (χ4v) is 4.14. The molecule has 0 radical (unpaired) electrons. The van der Waals surface area contributed by atoms with Gasteiger partial charge in [-0.25, -0.2) is 4.79 Å². The van der Waals surface area contributed by atoms with Crippen molar-refractivity contribution in [1.29, 1.82) is 0 Å². The molecular formula is C12H16O4. The van der Waals surface area contributed by atoms with Crippen LogP contribution in [0.2, 0.25) is 0 Å². The van der Waals surface area contributed by atoms with Crippen LogP contribution in [0.4, 0.5) is 4.79 Å². The van der Waals surface area contributed by atoms with Gasteiger partial charge in [-0.3, -0.25) is 0 Å². The van der Waals surface area contributed by atoms with Gasteiger partial charge in [-0.2, -0.15) is 0 Å². The Kier molecular flexibility index (Phi) is 1.54. The molecule has 1 heterocycles. The van der Waals surface area contributed by atoms with Crippen LogP contribution in [0.1, 0.15) is 33.6 Å². The van der Waals surface area contributed by atoms with E-state index in [1.54, 1.807) is 0 Å². The quantitative estimate of drug-likeness (QED) is 0.505. The van der Waals surface area contributed by atoms with E-state index in [4.69, 9.17) is 9.47 Å². The Hall–Kier alpha value is -1.06. The minimum atomic E-state index is -0.974. The molecule has 1 aliphatic heterocycles.